The molecule has 17 rings (SSSR count). The van der Waals surface area contributed by atoms with E-state index in [0.29, 0.717) is 0 Å². The van der Waals surface area contributed by atoms with Gasteiger partial charge in [0.05, 0.1) is 33.1 Å². The van der Waals surface area contributed by atoms with Crippen molar-refractivity contribution in [2.75, 3.05) is 0 Å². The van der Waals surface area contributed by atoms with Gasteiger partial charge in [0.25, 0.3) is 0 Å². The minimum atomic E-state index is 0.281. The van der Waals surface area contributed by atoms with Crippen molar-refractivity contribution in [3.05, 3.63) is 191 Å². The molecule has 0 saturated carbocycles. The van der Waals surface area contributed by atoms with Crippen LogP contribution in [0.4, 0.5) is 0 Å². The van der Waals surface area contributed by atoms with Crippen LogP contribution in [0.25, 0.3) is 121 Å². The van der Waals surface area contributed by atoms with E-state index in [2.05, 4.69) is 167 Å². The SMILES string of the molecule is c1ccc2c(c1)-c1cccc3c1C2c1cc2c(cc1-3)c1cccc3c4cc5c(cc4n2c13)c1cccc2c3cc4c(cc3n5c21)C1c2ccccc2-c2cccc-4c21. The maximum Gasteiger partial charge on any atom is 0.0620 e. The molecular weight excluding hydrogens is 701 g/mol. The van der Waals surface area contributed by atoms with Crippen molar-refractivity contribution in [2.24, 2.45) is 0 Å². The Labute approximate surface area is 331 Å². The Morgan fingerprint density at radius 1 is 0.259 bits per heavy atom. The van der Waals surface area contributed by atoms with E-state index in [0.717, 1.165) is 0 Å². The highest BCUT2D eigenvalue weighted by Gasteiger charge is 2.41. The van der Waals surface area contributed by atoms with Crippen LogP contribution in [-0.4, -0.2) is 8.80 Å². The summed E-state index contributed by atoms with van der Waals surface area (Å²) in [6, 6.07) is 61.1. The van der Waals surface area contributed by atoms with Gasteiger partial charge in [-0.25, -0.2) is 0 Å². The number of aromatic nitrogens is 2. The number of hydrogen-bond donors (Lipinski definition) is 0. The Morgan fingerprint density at radius 2 is 0.603 bits per heavy atom. The van der Waals surface area contributed by atoms with Gasteiger partial charge in [-0.15, -0.1) is 0 Å². The summed E-state index contributed by atoms with van der Waals surface area (Å²) in [5, 5.41) is 10.7. The third kappa shape index (κ3) is 2.79. The second kappa shape index (κ2) is 8.91. The van der Waals surface area contributed by atoms with Crippen molar-refractivity contribution in [3.63, 3.8) is 0 Å². The fraction of sp³-hybridized carbons (Fsp3) is 0.0357. The summed E-state index contributed by atoms with van der Waals surface area (Å²) >= 11 is 0. The van der Waals surface area contributed by atoms with Gasteiger partial charge in [-0.1, -0.05) is 121 Å². The zero-order chi connectivity index (χ0) is 36.9. The zero-order valence-corrected chi connectivity index (χ0v) is 31.1. The molecule has 0 aliphatic heterocycles. The van der Waals surface area contributed by atoms with Gasteiger partial charge in [-0.2, -0.15) is 0 Å². The fourth-order valence-electron chi connectivity index (χ4n) is 13.1. The molecule has 4 heterocycles. The summed E-state index contributed by atoms with van der Waals surface area (Å²) in [7, 11) is 0. The molecule has 2 atom stereocenters. The largest absolute Gasteiger partial charge is 0.308 e. The molecule has 4 aliphatic carbocycles. The lowest BCUT2D eigenvalue weighted by Crippen LogP contribution is -1.95. The maximum atomic E-state index is 2.60. The Balaban J connectivity index is 0.973. The molecule has 58 heavy (non-hydrogen) atoms. The van der Waals surface area contributed by atoms with Crippen LogP contribution < -0.4 is 0 Å². The first-order valence-corrected chi connectivity index (χ1v) is 20.7. The average Bonchev–Trinajstić information content (AvgIpc) is 4.15. The number of rotatable bonds is 0. The van der Waals surface area contributed by atoms with Crippen LogP contribution in [0.1, 0.15) is 45.2 Å². The van der Waals surface area contributed by atoms with Crippen molar-refractivity contribution in [2.45, 2.75) is 11.8 Å². The van der Waals surface area contributed by atoms with Crippen molar-refractivity contribution in [1.29, 1.82) is 0 Å². The van der Waals surface area contributed by atoms with Crippen LogP contribution in [0.2, 0.25) is 0 Å². The second-order valence-corrected chi connectivity index (χ2v) is 17.4. The van der Waals surface area contributed by atoms with Gasteiger partial charge in [0.15, 0.2) is 0 Å². The van der Waals surface area contributed by atoms with E-state index in [-0.39, 0.29) is 11.8 Å². The van der Waals surface area contributed by atoms with Crippen molar-refractivity contribution in [1.82, 2.24) is 8.80 Å². The molecule has 0 spiro atoms. The zero-order valence-electron chi connectivity index (χ0n) is 31.1. The van der Waals surface area contributed by atoms with Crippen LogP contribution in [0, 0.1) is 0 Å². The minimum Gasteiger partial charge on any atom is -0.308 e. The lowest BCUT2D eigenvalue weighted by Gasteiger charge is -2.12. The highest BCUT2D eigenvalue weighted by molar-refractivity contribution is 6.29. The highest BCUT2D eigenvalue weighted by atomic mass is 14.9. The molecule has 0 fully saturated rings. The number of hydrogen-bond acceptors (Lipinski definition) is 0. The van der Waals surface area contributed by atoms with Crippen LogP contribution in [0.5, 0.6) is 0 Å². The summed E-state index contributed by atoms with van der Waals surface area (Å²) in [4.78, 5) is 0. The van der Waals surface area contributed by atoms with Gasteiger partial charge in [-0.05, 0) is 114 Å². The average molecular weight is 729 g/mol. The van der Waals surface area contributed by atoms with Gasteiger partial charge < -0.3 is 8.80 Å². The molecule has 0 radical (unpaired) electrons. The van der Waals surface area contributed by atoms with E-state index in [1.165, 1.54) is 154 Å². The molecule has 4 aliphatic rings. The summed E-state index contributed by atoms with van der Waals surface area (Å²) in [6.45, 7) is 0. The molecule has 2 nitrogen and oxygen atoms in total. The van der Waals surface area contributed by atoms with Gasteiger partial charge in [0.2, 0.25) is 0 Å². The van der Waals surface area contributed by atoms with Crippen molar-refractivity contribution >= 4 is 76.2 Å². The van der Waals surface area contributed by atoms with E-state index in [9.17, 15) is 0 Å². The summed E-state index contributed by atoms with van der Waals surface area (Å²) in [5.74, 6) is 0.562. The van der Waals surface area contributed by atoms with E-state index >= 15 is 0 Å². The molecule has 9 aromatic carbocycles. The first-order chi connectivity index (χ1) is 28.8. The minimum absolute atomic E-state index is 0.281. The molecule has 0 amide bonds. The summed E-state index contributed by atoms with van der Waals surface area (Å²) in [5.41, 5.74) is 27.8. The van der Waals surface area contributed by atoms with E-state index in [4.69, 9.17) is 0 Å². The standard InChI is InChI=1S/C56H28N2/c1-3-11-29-27(9-1)31-13-5-15-33-39-21-41-35-17-7-19-37-43-24-48-44(23-47(43)57(55(35)37)49(41)25-45(39)53(29)51(31)33)38-20-8-18-36-42-22-40-34-16-6-14-32-28-10-2-4-12-30(28)54(52(32)34)46(40)26-50(42)58(48)56(36)38/h1-26,53-54H. The Hall–Kier alpha value is -7.42. The molecule has 0 N–H and O–H groups in total. The van der Waals surface area contributed by atoms with Crippen molar-refractivity contribution in [3.8, 4) is 44.5 Å². The number of fused-ring (bicyclic) bond motifs is 24. The van der Waals surface area contributed by atoms with Gasteiger partial charge in [0.1, 0.15) is 0 Å². The Morgan fingerprint density at radius 3 is 1.05 bits per heavy atom. The van der Waals surface area contributed by atoms with Crippen LogP contribution in [0.15, 0.2) is 158 Å². The van der Waals surface area contributed by atoms with E-state index < -0.39 is 0 Å². The third-order valence-corrected chi connectivity index (χ3v) is 15.2. The monoisotopic (exact) mass is 728 g/mol. The van der Waals surface area contributed by atoms with Gasteiger partial charge in [0, 0.05) is 54.9 Å². The number of para-hydroxylation sites is 2. The van der Waals surface area contributed by atoms with Gasteiger partial charge in [-0.3, -0.25) is 0 Å². The van der Waals surface area contributed by atoms with Crippen LogP contribution in [0.3, 0.4) is 0 Å². The van der Waals surface area contributed by atoms with Gasteiger partial charge >= 0.3 is 0 Å². The fourth-order valence-corrected chi connectivity index (χ4v) is 13.1. The lowest BCUT2D eigenvalue weighted by molar-refractivity contribution is 1.06. The Kier molecular flexibility index (Phi) is 4.31. The predicted molar refractivity (Wildman–Crippen MR) is 239 cm³/mol. The van der Waals surface area contributed by atoms with Crippen LogP contribution in [-0.2, 0) is 0 Å². The molecule has 2 heteroatoms. The molecule has 2 unspecified atom stereocenters. The van der Waals surface area contributed by atoms with E-state index in [1.54, 1.807) is 0 Å². The van der Waals surface area contributed by atoms with Crippen molar-refractivity contribution < 1.29 is 0 Å². The second-order valence-electron chi connectivity index (χ2n) is 17.4. The quantitative estimate of drug-likeness (QED) is 0.147. The molecule has 0 bridgehead atoms. The first-order valence-electron chi connectivity index (χ1n) is 20.7. The topological polar surface area (TPSA) is 8.82 Å². The third-order valence-electron chi connectivity index (χ3n) is 15.2. The van der Waals surface area contributed by atoms with Crippen LogP contribution >= 0.6 is 0 Å². The highest BCUT2D eigenvalue weighted by Crippen LogP contribution is 2.61. The molecule has 13 aromatic rings. The molecule has 262 valence electrons. The Bertz CT molecular complexity index is 3880. The first kappa shape index (κ1) is 28.0. The maximum absolute atomic E-state index is 2.60. The lowest BCUT2D eigenvalue weighted by atomic mass is 9.92. The normalized spacial score (nSPS) is 16.6. The number of nitrogens with zero attached hydrogens (tertiary/aromatic N) is 2. The number of benzene rings is 9. The summed E-state index contributed by atoms with van der Waals surface area (Å²) < 4.78 is 5.21. The molecular formula is C56H28N2. The molecule has 0 saturated heterocycles. The smallest absolute Gasteiger partial charge is 0.0620 e. The summed E-state index contributed by atoms with van der Waals surface area (Å²) in [6.07, 6.45) is 0. The van der Waals surface area contributed by atoms with E-state index in [1.807, 2.05) is 0 Å². The predicted octanol–water partition coefficient (Wildman–Crippen LogP) is 14.3. The molecule has 4 aromatic heterocycles.